The van der Waals surface area contributed by atoms with Gasteiger partial charge in [-0.1, -0.05) is 65.2 Å². The zero-order chi connectivity index (χ0) is 16.9. The third-order valence-corrected chi connectivity index (χ3v) is 3.91. The van der Waals surface area contributed by atoms with E-state index in [0.29, 0.717) is 0 Å². The van der Waals surface area contributed by atoms with Crippen LogP contribution in [0, 0.1) is 20.8 Å². The van der Waals surface area contributed by atoms with Crippen LogP contribution in [0.5, 0.6) is 0 Å². The highest BCUT2D eigenvalue weighted by Gasteiger charge is 2.05. The summed E-state index contributed by atoms with van der Waals surface area (Å²) in [4.78, 5) is 4.82. The zero-order valence-electron chi connectivity index (χ0n) is 14.8. The molecule has 0 saturated carbocycles. The van der Waals surface area contributed by atoms with Crippen molar-refractivity contribution in [2.24, 2.45) is 4.99 Å². The maximum absolute atomic E-state index is 4.82. The molecule has 128 valence electrons. The molecule has 0 aromatic heterocycles. The smallest absolute Gasteiger partial charge is 0.138 e. The number of nitrogens with zero attached hydrogens (tertiary/aromatic N) is 1. The van der Waals surface area contributed by atoms with Gasteiger partial charge in [0.2, 0.25) is 0 Å². The lowest BCUT2D eigenvalue weighted by molar-refractivity contribution is 1.40. The van der Waals surface area contributed by atoms with Crippen molar-refractivity contribution in [1.29, 1.82) is 0 Å². The summed E-state index contributed by atoms with van der Waals surface area (Å²) >= 11 is 0. The second-order valence-corrected chi connectivity index (χ2v) is 6.15. The molecule has 1 N–H and O–H groups in total. The van der Waals surface area contributed by atoms with E-state index in [1.807, 2.05) is 12.1 Å². The van der Waals surface area contributed by atoms with Gasteiger partial charge in [0.25, 0.3) is 0 Å². The molecule has 0 saturated heterocycles. The molecule has 0 atom stereocenters. The van der Waals surface area contributed by atoms with E-state index in [-0.39, 0.29) is 12.4 Å². The van der Waals surface area contributed by atoms with Gasteiger partial charge in [0, 0.05) is 11.3 Å². The first-order chi connectivity index (χ1) is 11.6. The Bertz CT molecular complexity index is 833. The van der Waals surface area contributed by atoms with E-state index in [1.165, 1.54) is 16.7 Å². The van der Waals surface area contributed by atoms with E-state index in [9.17, 15) is 0 Å². The van der Waals surface area contributed by atoms with Crippen molar-refractivity contribution in [3.63, 3.8) is 0 Å². The molecular weight excluding hydrogens is 328 g/mol. The average molecular weight is 351 g/mol. The summed E-state index contributed by atoms with van der Waals surface area (Å²) in [6.07, 6.45) is 0. The SMILES string of the molecule is Cc1ccc(N=C(Nc2ccc(C)cc2)c2ccc(C)cc2)cc1.Cl. The number of benzene rings is 3. The fourth-order valence-electron chi connectivity index (χ4n) is 2.40. The van der Waals surface area contributed by atoms with Crippen molar-refractivity contribution >= 4 is 29.6 Å². The normalized spacial score (nSPS) is 10.9. The van der Waals surface area contributed by atoms with Crippen molar-refractivity contribution in [3.05, 3.63) is 95.1 Å². The maximum Gasteiger partial charge on any atom is 0.138 e. The molecule has 2 nitrogen and oxygen atoms in total. The zero-order valence-corrected chi connectivity index (χ0v) is 15.6. The first-order valence-electron chi connectivity index (χ1n) is 8.16. The van der Waals surface area contributed by atoms with Gasteiger partial charge in [-0.2, -0.15) is 0 Å². The first kappa shape index (κ1) is 18.8. The van der Waals surface area contributed by atoms with Crippen molar-refractivity contribution < 1.29 is 0 Å². The van der Waals surface area contributed by atoms with Crippen molar-refractivity contribution in [2.75, 3.05) is 5.32 Å². The van der Waals surface area contributed by atoms with Crippen LogP contribution in [0.15, 0.2) is 77.8 Å². The first-order valence-corrected chi connectivity index (χ1v) is 8.16. The topological polar surface area (TPSA) is 24.4 Å². The highest BCUT2D eigenvalue weighted by molar-refractivity contribution is 6.09. The van der Waals surface area contributed by atoms with E-state index >= 15 is 0 Å². The quantitative estimate of drug-likeness (QED) is 0.439. The molecule has 3 aromatic carbocycles. The summed E-state index contributed by atoms with van der Waals surface area (Å²) in [6.45, 7) is 6.26. The number of anilines is 1. The summed E-state index contributed by atoms with van der Waals surface area (Å²) in [5, 5.41) is 3.46. The van der Waals surface area contributed by atoms with Gasteiger partial charge in [-0.05, 0) is 45.0 Å². The van der Waals surface area contributed by atoms with Gasteiger partial charge in [-0.3, -0.25) is 0 Å². The summed E-state index contributed by atoms with van der Waals surface area (Å²) in [5.41, 5.74) is 6.76. The Labute approximate surface area is 156 Å². The number of amidine groups is 1. The van der Waals surface area contributed by atoms with E-state index in [4.69, 9.17) is 4.99 Å². The summed E-state index contributed by atoms with van der Waals surface area (Å²) in [5.74, 6) is 0.850. The predicted molar refractivity (Wildman–Crippen MR) is 111 cm³/mol. The van der Waals surface area contributed by atoms with Gasteiger partial charge in [0.1, 0.15) is 5.84 Å². The molecule has 0 heterocycles. The van der Waals surface area contributed by atoms with Crippen LogP contribution in [0.2, 0.25) is 0 Å². The Hall–Kier alpha value is -2.58. The summed E-state index contributed by atoms with van der Waals surface area (Å²) in [7, 11) is 0. The van der Waals surface area contributed by atoms with Crippen LogP contribution < -0.4 is 5.32 Å². The van der Waals surface area contributed by atoms with Gasteiger partial charge in [-0.25, -0.2) is 4.99 Å². The molecule has 0 aliphatic rings. The second kappa shape index (κ2) is 8.50. The third kappa shape index (κ3) is 5.20. The molecule has 0 spiro atoms. The Morgan fingerprint density at radius 2 is 1.08 bits per heavy atom. The van der Waals surface area contributed by atoms with Gasteiger partial charge in [0.05, 0.1) is 5.69 Å². The number of hydrogen-bond donors (Lipinski definition) is 1. The van der Waals surface area contributed by atoms with Crippen LogP contribution in [-0.4, -0.2) is 5.84 Å². The van der Waals surface area contributed by atoms with Gasteiger partial charge in [-0.15, -0.1) is 12.4 Å². The molecule has 0 aliphatic heterocycles. The lowest BCUT2D eigenvalue weighted by atomic mass is 10.1. The minimum atomic E-state index is 0. The van der Waals surface area contributed by atoms with Crippen LogP contribution in [0.4, 0.5) is 11.4 Å². The molecule has 25 heavy (non-hydrogen) atoms. The molecule has 0 radical (unpaired) electrons. The summed E-state index contributed by atoms with van der Waals surface area (Å²) < 4.78 is 0. The standard InChI is InChI=1S/C22H22N2.ClH/c1-16-4-10-19(11-5-16)22(23-20-12-6-17(2)7-13-20)24-21-14-8-18(3)9-15-21;/h4-15H,1-3H3,(H,23,24);1H. The van der Waals surface area contributed by atoms with E-state index in [2.05, 4.69) is 86.8 Å². The largest absolute Gasteiger partial charge is 0.340 e. The van der Waals surface area contributed by atoms with Gasteiger partial charge in [0.15, 0.2) is 0 Å². The third-order valence-electron chi connectivity index (χ3n) is 3.91. The average Bonchev–Trinajstić information content (AvgIpc) is 2.59. The number of aliphatic imine (C=N–C) groups is 1. The lowest BCUT2D eigenvalue weighted by Gasteiger charge is -2.11. The molecule has 0 bridgehead atoms. The maximum atomic E-state index is 4.82. The molecule has 0 amide bonds. The van der Waals surface area contributed by atoms with E-state index in [1.54, 1.807) is 0 Å². The Kier molecular flexibility index (Phi) is 6.37. The molecular formula is C22H23ClN2. The molecule has 0 unspecified atom stereocenters. The van der Waals surface area contributed by atoms with Gasteiger partial charge < -0.3 is 5.32 Å². The van der Waals surface area contributed by atoms with Crippen LogP contribution >= 0.6 is 12.4 Å². The fraction of sp³-hybridized carbons (Fsp3) is 0.136. The summed E-state index contributed by atoms with van der Waals surface area (Å²) in [6, 6.07) is 25.0. The highest BCUT2D eigenvalue weighted by Crippen LogP contribution is 2.18. The van der Waals surface area contributed by atoms with Crippen LogP contribution in [0.3, 0.4) is 0 Å². The van der Waals surface area contributed by atoms with Crippen molar-refractivity contribution in [3.8, 4) is 0 Å². The van der Waals surface area contributed by atoms with Crippen LogP contribution in [0.25, 0.3) is 0 Å². The lowest BCUT2D eigenvalue weighted by Crippen LogP contribution is -2.13. The van der Waals surface area contributed by atoms with E-state index < -0.39 is 0 Å². The van der Waals surface area contributed by atoms with E-state index in [0.717, 1.165) is 22.8 Å². The number of nitrogens with one attached hydrogen (secondary N) is 1. The molecule has 3 heteroatoms. The molecule has 0 fully saturated rings. The Morgan fingerprint density at radius 1 is 0.640 bits per heavy atom. The minimum absolute atomic E-state index is 0. The fourth-order valence-corrected chi connectivity index (χ4v) is 2.40. The number of hydrogen-bond acceptors (Lipinski definition) is 1. The number of halogens is 1. The highest BCUT2D eigenvalue weighted by atomic mass is 35.5. The van der Waals surface area contributed by atoms with Crippen LogP contribution in [0.1, 0.15) is 22.3 Å². The Balaban J connectivity index is 0.00000225. The van der Waals surface area contributed by atoms with Crippen LogP contribution in [-0.2, 0) is 0 Å². The van der Waals surface area contributed by atoms with Crippen molar-refractivity contribution in [2.45, 2.75) is 20.8 Å². The molecule has 3 aromatic rings. The Morgan fingerprint density at radius 3 is 1.60 bits per heavy atom. The monoisotopic (exact) mass is 350 g/mol. The van der Waals surface area contributed by atoms with Crippen molar-refractivity contribution in [1.82, 2.24) is 0 Å². The minimum Gasteiger partial charge on any atom is -0.340 e. The predicted octanol–water partition coefficient (Wildman–Crippen LogP) is 6.22. The second-order valence-electron chi connectivity index (χ2n) is 6.15. The number of rotatable bonds is 3. The number of aryl methyl sites for hydroxylation is 3. The van der Waals surface area contributed by atoms with Gasteiger partial charge >= 0.3 is 0 Å². The molecule has 3 rings (SSSR count). The molecule has 0 aliphatic carbocycles.